The number of carbonyl (C=O) groups is 1. The number of anilines is 1. The second-order valence-corrected chi connectivity index (χ2v) is 4.56. The molecule has 6 nitrogen and oxygen atoms in total. The number of nitrogens with zero attached hydrogens (tertiary/aromatic N) is 2. The number of aromatic nitrogens is 2. The van der Waals surface area contributed by atoms with Crippen LogP contribution in [-0.2, 0) is 0 Å². The van der Waals surface area contributed by atoms with Gasteiger partial charge in [0.05, 0.1) is 7.11 Å². The minimum atomic E-state index is -0.540. The van der Waals surface area contributed by atoms with Gasteiger partial charge in [-0.1, -0.05) is 0 Å². The number of nitrogen functional groups attached to an aromatic ring is 1. The number of hydrogen-bond acceptors (Lipinski definition) is 5. The van der Waals surface area contributed by atoms with Crippen LogP contribution in [0.5, 0.6) is 11.5 Å². The van der Waals surface area contributed by atoms with Gasteiger partial charge in [-0.15, -0.1) is 0 Å². The summed E-state index contributed by atoms with van der Waals surface area (Å²) in [6, 6.07) is 8.32. The molecule has 106 valence electrons. The zero-order valence-electron chi connectivity index (χ0n) is 11.7. The van der Waals surface area contributed by atoms with Crippen molar-refractivity contribution < 1.29 is 14.3 Å². The number of carbonyl (C=O) groups excluding carboxylic acids is 1. The van der Waals surface area contributed by atoms with Gasteiger partial charge >= 0.3 is 5.97 Å². The highest BCUT2D eigenvalue weighted by atomic mass is 16.5. The molecule has 0 fully saturated rings. The quantitative estimate of drug-likeness (QED) is 0.684. The summed E-state index contributed by atoms with van der Waals surface area (Å²) >= 11 is 0. The minimum Gasteiger partial charge on any atom is -0.497 e. The van der Waals surface area contributed by atoms with E-state index in [0.29, 0.717) is 17.3 Å². The number of esters is 1. The number of methoxy groups -OCH3 is 1. The molecule has 0 bridgehead atoms. The second kappa shape index (κ2) is 5.64. The standard InChI is InChI=1S/C14H17N3O3/c1-9(2)17-13(15)8-12(16-17)14(18)20-11-6-4-10(19-3)5-7-11/h4-9H,15H2,1-3H3. The molecule has 6 heteroatoms. The molecule has 0 aliphatic rings. The first-order valence-electron chi connectivity index (χ1n) is 6.22. The lowest BCUT2D eigenvalue weighted by molar-refractivity contribution is 0.0727. The Kier molecular flexibility index (Phi) is 3.93. The molecule has 0 radical (unpaired) electrons. The van der Waals surface area contributed by atoms with Crippen molar-refractivity contribution in [1.29, 1.82) is 0 Å². The molecule has 0 aliphatic heterocycles. The highest BCUT2D eigenvalue weighted by Gasteiger charge is 2.16. The van der Waals surface area contributed by atoms with E-state index in [2.05, 4.69) is 5.10 Å². The highest BCUT2D eigenvalue weighted by molar-refractivity contribution is 5.89. The van der Waals surface area contributed by atoms with Gasteiger partial charge in [0.1, 0.15) is 17.3 Å². The van der Waals surface area contributed by atoms with Crippen molar-refractivity contribution in [3.05, 3.63) is 36.0 Å². The van der Waals surface area contributed by atoms with E-state index in [1.807, 2.05) is 13.8 Å². The fraction of sp³-hybridized carbons (Fsp3) is 0.286. The maximum atomic E-state index is 12.0. The largest absolute Gasteiger partial charge is 0.497 e. The third-order valence-corrected chi connectivity index (χ3v) is 2.73. The summed E-state index contributed by atoms with van der Waals surface area (Å²) in [6.45, 7) is 3.86. The van der Waals surface area contributed by atoms with Gasteiger partial charge in [0.15, 0.2) is 5.69 Å². The van der Waals surface area contributed by atoms with Gasteiger partial charge in [0.2, 0.25) is 0 Å². The van der Waals surface area contributed by atoms with Gasteiger partial charge in [0, 0.05) is 12.1 Å². The topological polar surface area (TPSA) is 79.4 Å². The van der Waals surface area contributed by atoms with E-state index >= 15 is 0 Å². The van der Waals surface area contributed by atoms with E-state index in [1.54, 1.807) is 36.1 Å². The SMILES string of the molecule is COc1ccc(OC(=O)c2cc(N)n(C(C)C)n2)cc1. The van der Waals surface area contributed by atoms with Crippen LogP contribution in [0, 0.1) is 0 Å². The normalized spacial score (nSPS) is 10.6. The first-order chi connectivity index (χ1) is 9.51. The molecule has 20 heavy (non-hydrogen) atoms. The number of ether oxygens (including phenoxy) is 2. The summed E-state index contributed by atoms with van der Waals surface area (Å²) in [6.07, 6.45) is 0. The summed E-state index contributed by atoms with van der Waals surface area (Å²) in [7, 11) is 1.57. The first-order valence-corrected chi connectivity index (χ1v) is 6.22. The Labute approximate surface area is 117 Å². The van der Waals surface area contributed by atoms with Gasteiger partial charge in [-0.3, -0.25) is 0 Å². The van der Waals surface area contributed by atoms with E-state index in [1.165, 1.54) is 6.07 Å². The van der Waals surface area contributed by atoms with Crippen molar-refractivity contribution in [3.63, 3.8) is 0 Å². The molecule has 0 unspecified atom stereocenters. The van der Waals surface area contributed by atoms with E-state index in [9.17, 15) is 4.79 Å². The molecule has 2 aromatic rings. The lowest BCUT2D eigenvalue weighted by Crippen LogP contribution is -2.11. The zero-order valence-corrected chi connectivity index (χ0v) is 11.7. The number of hydrogen-bond donors (Lipinski definition) is 1. The van der Waals surface area contributed by atoms with Crippen LogP contribution in [0.25, 0.3) is 0 Å². The van der Waals surface area contributed by atoms with Crippen molar-refractivity contribution in [2.45, 2.75) is 19.9 Å². The zero-order chi connectivity index (χ0) is 14.7. The van der Waals surface area contributed by atoms with E-state index in [-0.39, 0.29) is 11.7 Å². The third-order valence-electron chi connectivity index (χ3n) is 2.73. The van der Waals surface area contributed by atoms with E-state index in [4.69, 9.17) is 15.2 Å². The average molecular weight is 275 g/mol. The molecule has 0 amide bonds. The Bertz CT molecular complexity index is 603. The van der Waals surface area contributed by atoms with Gasteiger partial charge in [-0.25, -0.2) is 9.48 Å². The summed E-state index contributed by atoms with van der Waals surface area (Å²) in [5.41, 5.74) is 5.97. The van der Waals surface area contributed by atoms with Gasteiger partial charge < -0.3 is 15.2 Å². The summed E-state index contributed by atoms with van der Waals surface area (Å²) in [5, 5.41) is 4.13. The predicted octanol–water partition coefficient (Wildman–Crippen LogP) is 2.27. The molecule has 2 rings (SSSR count). The summed E-state index contributed by atoms with van der Waals surface area (Å²) < 4.78 is 11.8. The lowest BCUT2D eigenvalue weighted by Gasteiger charge is -2.06. The molecular formula is C14H17N3O3. The van der Waals surface area contributed by atoms with Gasteiger partial charge in [-0.05, 0) is 38.1 Å². The van der Waals surface area contributed by atoms with Crippen LogP contribution in [0.4, 0.5) is 5.82 Å². The Morgan fingerprint density at radius 2 is 1.85 bits per heavy atom. The maximum absolute atomic E-state index is 12.0. The Morgan fingerprint density at radius 3 is 2.35 bits per heavy atom. The molecule has 1 heterocycles. The lowest BCUT2D eigenvalue weighted by atomic mass is 10.3. The van der Waals surface area contributed by atoms with Crippen LogP contribution < -0.4 is 15.2 Å². The van der Waals surface area contributed by atoms with Crippen LogP contribution >= 0.6 is 0 Å². The molecule has 0 saturated carbocycles. The molecule has 0 saturated heterocycles. The first kappa shape index (κ1) is 13.9. The van der Waals surface area contributed by atoms with Crippen LogP contribution in [0.2, 0.25) is 0 Å². The van der Waals surface area contributed by atoms with Crippen LogP contribution in [0.3, 0.4) is 0 Å². The van der Waals surface area contributed by atoms with Crippen molar-refractivity contribution >= 4 is 11.8 Å². The van der Waals surface area contributed by atoms with E-state index < -0.39 is 5.97 Å². The van der Waals surface area contributed by atoms with Crippen molar-refractivity contribution in [3.8, 4) is 11.5 Å². The molecule has 2 N–H and O–H groups in total. The van der Waals surface area contributed by atoms with Crippen molar-refractivity contribution in [2.24, 2.45) is 0 Å². The number of rotatable bonds is 4. The molecule has 0 aliphatic carbocycles. The van der Waals surface area contributed by atoms with Crippen molar-refractivity contribution in [2.75, 3.05) is 12.8 Å². The minimum absolute atomic E-state index is 0.0811. The third kappa shape index (κ3) is 2.90. The Morgan fingerprint density at radius 1 is 1.25 bits per heavy atom. The predicted molar refractivity (Wildman–Crippen MR) is 75.0 cm³/mol. The average Bonchev–Trinajstić information content (AvgIpc) is 2.82. The van der Waals surface area contributed by atoms with Crippen molar-refractivity contribution in [1.82, 2.24) is 9.78 Å². The van der Waals surface area contributed by atoms with Crippen LogP contribution in [0.15, 0.2) is 30.3 Å². The molecular weight excluding hydrogens is 258 g/mol. The molecule has 0 atom stereocenters. The monoisotopic (exact) mass is 275 g/mol. The van der Waals surface area contributed by atoms with Gasteiger partial charge in [0.25, 0.3) is 0 Å². The fourth-order valence-corrected chi connectivity index (χ4v) is 1.73. The van der Waals surface area contributed by atoms with Gasteiger partial charge in [-0.2, -0.15) is 5.10 Å². The highest BCUT2D eigenvalue weighted by Crippen LogP contribution is 2.19. The number of nitrogens with two attached hydrogens (primary N) is 1. The number of benzene rings is 1. The van der Waals surface area contributed by atoms with E-state index in [0.717, 1.165) is 0 Å². The summed E-state index contributed by atoms with van der Waals surface area (Å²) in [5.74, 6) is 1.01. The molecule has 1 aromatic heterocycles. The molecule has 1 aromatic carbocycles. The summed E-state index contributed by atoms with van der Waals surface area (Å²) in [4.78, 5) is 12.0. The smallest absolute Gasteiger partial charge is 0.364 e. The Hall–Kier alpha value is -2.50. The molecule has 0 spiro atoms. The van der Waals surface area contributed by atoms with Crippen LogP contribution in [0.1, 0.15) is 30.4 Å². The maximum Gasteiger partial charge on any atom is 0.364 e. The second-order valence-electron chi connectivity index (χ2n) is 4.56. The Balaban J connectivity index is 2.13. The fourth-order valence-electron chi connectivity index (χ4n) is 1.73. The van der Waals surface area contributed by atoms with Crippen LogP contribution in [-0.4, -0.2) is 22.9 Å².